The first kappa shape index (κ1) is 21.6. The third-order valence-electron chi connectivity index (χ3n) is 5.16. The van der Waals surface area contributed by atoms with Crippen LogP contribution in [0.15, 0.2) is 30.3 Å². The van der Waals surface area contributed by atoms with Gasteiger partial charge in [-0.3, -0.25) is 0 Å². The van der Waals surface area contributed by atoms with Crippen molar-refractivity contribution >= 4 is 6.09 Å². The number of carbonyl (C=O) groups is 1. The Bertz CT molecular complexity index is 577. The maximum atomic E-state index is 14.2. The summed E-state index contributed by atoms with van der Waals surface area (Å²) in [6.45, 7) is 0.931. The molecule has 0 aromatic heterocycles. The molecule has 1 aromatic rings. The Morgan fingerprint density at radius 2 is 1.85 bits per heavy atom. The summed E-state index contributed by atoms with van der Waals surface area (Å²) in [6.07, 6.45) is 0.0444. The first-order valence-electron chi connectivity index (χ1n) is 9.52. The molecule has 7 heteroatoms. The second kappa shape index (κ2) is 9.99. The number of nitrogens with one attached hydrogen (secondary N) is 1. The predicted octanol–water partition coefficient (Wildman–Crippen LogP) is 3.63. The average Bonchev–Trinajstić information content (AvgIpc) is 2.66. The van der Waals surface area contributed by atoms with Crippen LogP contribution in [0.3, 0.4) is 0 Å². The van der Waals surface area contributed by atoms with E-state index in [0.29, 0.717) is 0 Å². The minimum Gasteiger partial charge on any atom is -0.445 e. The number of rotatable bonds is 8. The lowest BCUT2D eigenvalue weighted by molar-refractivity contribution is -0.180. The molecule has 0 radical (unpaired) electrons. The predicted molar refractivity (Wildman–Crippen MR) is 97.4 cm³/mol. The topological polar surface area (TPSA) is 78.8 Å². The molecular formula is C20H29F2NO4. The van der Waals surface area contributed by atoms with Crippen molar-refractivity contribution in [2.45, 2.75) is 76.2 Å². The monoisotopic (exact) mass is 385 g/mol. The summed E-state index contributed by atoms with van der Waals surface area (Å²) in [4.78, 5) is 12.1. The molecule has 0 unspecified atom stereocenters. The van der Waals surface area contributed by atoms with Crippen molar-refractivity contribution in [1.82, 2.24) is 5.32 Å². The van der Waals surface area contributed by atoms with Crippen molar-refractivity contribution in [2.24, 2.45) is 5.92 Å². The maximum Gasteiger partial charge on any atom is 0.407 e. The van der Waals surface area contributed by atoms with Gasteiger partial charge in [-0.15, -0.1) is 0 Å². The van der Waals surface area contributed by atoms with Crippen LogP contribution in [0.2, 0.25) is 0 Å². The molecule has 1 aliphatic rings. The fraction of sp³-hybridized carbons (Fsp3) is 0.650. The SMILES string of the molecule is C[C@H](O)C(F)(F)[C@H](O)[C@H](CC1CCCCC1)NC(=O)OCc1ccccc1. The summed E-state index contributed by atoms with van der Waals surface area (Å²) in [5.74, 6) is -3.58. The first-order valence-corrected chi connectivity index (χ1v) is 9.52. The van der Waals surface area contributed by atoms with Gasteiger partial charge >= 0.3 is 6.09 Å². The molecule has 0 saturated heterocycles. The molecule has 0 aliphatic heterocycles. The van der Waals surface area contributed by atoms with Crippen LogP contribution in [-0.4, -0.2) is 40.5 Å². The van der Waals surface area contributed by atoms with Gasteiger partial charge < -0.3 is 20.3 Å². The van der Waals surface area contributed by atoms with Crippen molar-refractivity contribution in [2.75, 3.05) is 0 Å². The zero-order chi connectivity index (χ0) is 19.9. The van der Waals surface area contributed by atoms with E-state index in [9.17, 15) is 23.8 Å². The Labute approximate surface area is 158 Å². The summed E-state index contributed by atoms with van der Waals surface area (Å²) in [7, 11) is 0. The highest BCUT2D eigenvalue weighted by Gasteiger charge is 2.48. The van der Waals surface area contributed by atoms with Gasteiger partial charge in [0.05, 0.1) is 6.04 Å². The van der Waals surface area contributed by atoms with Crippen LogP contribution in [0, 0.1) is 5.92 Å². The zero-order valence-corrected chi connectivity index (χ0v) is 15.6. The Hall–Kier alpha value is -1.73. The van der Waals surface area contributed by atoms with E-state index >= 15 is 0 Å². The molecule has 0 bridgehead atoms. The van der Waals surface area contributed by atoms with Gasteiger partial charge in [-0.1, -0.05) is 62.4 Å². The van der Waals surface area contributed by atoms with E-state index in [4.69, 9.17) is 4.74 Å². The average molecular weight is 385 g/mol. The van der Waals surface area contributed by atoms with Crippen molar-refractivity contribution < 1.29 is 28.5 Å². The smallest absolute Gasteiger partial charge is 0.407 e. The molecular weight excluding hydrogens is 356 g/mol. The number of alkyl carbamates (subject to hydrolysis) is 1. The first-order chi connectivity index (χ1) is 12.8. The molecule has 1 fully saturated rings. The number of aliphatic hydroxyl groups is 2. The van der Waals surface area contributed by atoms with Gasteiger partial charge in [0.2, 0.25) is 0 Å². The van der Waals surface area contributed by atoms with Crippen LogP contribution in [0.1, 0.15) is 51.0 Å². The molecule has 3 N–H and O–H groups in total. The molecule has 0 heterocycles. The highest BCUT2D eigenvalue weighted by atomic mass is 19.3. The third-order valence-corrected chi connectivity index (χ3v) is 5.16. The second-order valence-corrected chi connectivity index (χ2v) is 7.35. The summed E-state index contributed by atoms with van der Waals surface area (Å²) in [5.41, 5.74) is 0.770. The zero-order valence-electron chi connectivity index (χ0n) is 15.6. The van der Waals surface area contributed by atoms with Gasteiger partial charge in [0.1, 0.15) is 18.8 Å². The van der Waals surface area contributed by atoms with E-state index in [2.05, 4.69) is 5.32 Å². The highest BCUT2D eigenvalue weighted by Crippen LogP contribution is 2.32. The number of halogens is 2. The number of carbonyl (C=O) groups excluding carboxylic acids is 1. The van der Waals surface area contributed by atoms with E-state index < -0.39 is 30.3 Å². The largest absolute Gasteiger partial charge is 0.445 e. The molecule has 27 heavy (non-hydrogen) atoms. The van der Waals surface area contributed by atoms with Crippen LogP contribution in [-0.2, 0) is 11.3 Å². The van der Waals surface area contributed by atoms with Crippen molar-refractivity contribution in [3.8, 4) is 0 Å². The lowest BCUT2D eigenvalue weighted by Gasteiger charge is -2.34. The van der Waals surface area contributed by atoms with Crippen LogP contribution < -0.4 is 5.32 Å². The molecule has 3 atom stereocenters. The Morgan fingerprint density at radius 1 is 1.22 bits per heavy atom. The van der Waals surface area contributed by atoms with Crippen LogP contribution in [0.5, 0.6) is 0 Å². The van der Waals surface area contributed by atoms with Crippen molar-refractivity contribution in [3.63, 3.8) is 0 Å². The van der Waals surface area contributed by atoms with Gasteiger partial charge in [0.25, 0.3) is 5.92 Å². The van der Waals surface area contributed by atoms with Gasteiger partial charge in [-0.05, 0) is 24.8 Å². The fourth-order valence-corrected chi connectivity index (χ4v) is 3.48. The lowest BCUT2D eigenvalue weighted by Crippen LogP contribution is -2.56. The molecule has 1 aliphatic carbocycles. The van der Waals surface area contributed by atoms with Gasteiger partial charge in [0, 0.05) is 0 Å². The van der Waals surface area contributed by atoms with Gasteiger partial charge in [-0.25, -0.2) is 13.6 Å². The normalized spacial score (nSPS) is 19.1. The summed E-state index contributed by atoms with van der Waals surface area (Å²) in [6, 6.07) is 7.80. The van der Waals surface area contributed by atoms with Gasteiger partial charge in [-0.2, -0.15) is 0 Å². The maximum absolute atomic E-state index is 14.2. The van der Waals surface area contributed by atoms with Crippen molar-refractivity contribution in [1.29, 1.82) is 0 Å². The summed E-state index contributed by atoms with van der Waals surface area (Å²) >= 11 is 0. The number of alkyl halides is 2. The molecule has 1 aromatic carbocycles. The molecule has 2 rings (SSSR count). The Kier molecular flexibility index (Phi) is 7.98. The van der Waals surface area contributed by atoms with E-state index in [1.165, 1.54) is 0 Å². The van der Waals surface area contributed by atoms with E-state index in [1.54, 1.807) is 24.3 Å². The number of aliphatic hydroxyl groups excluding tert-OH is 2. The van der Waals surface area contributed by atoms with Crippen molar-refractivity contribution in [3.05, 3.63) is 35.9 Å². The van der Waals surface area contributed by atoms with Gasteiger partial charge in [0.15, 0.2) is 0 Å². The summed E-state index contributed by atoms with van der Waals surface area (Å²) in [5, 5.41) is 21.9. The number of amides is 1. The van der Waals surface area contributed by atoms with E-state index in [0.717, 1.165) is 44.6 Å². The lowest BCUT2D eigenvalue weighted by atomic mass is 9.82. The minimum absolute atomic E-state index is 0.00567. The van der Waals surface area contributed by atoms with Crippen LogP contribution >= 0.6 is 0 Å². The molecule has 1 saturated carbocycles. The Morgan fingerprint density at radius 3 is 2.44 bits per heavy atom. The second-order valence-electron chi connectivity index (χ2n) is 7.35. The molecule has 152 valence electrons. The number of hydrogen-bond donors (Lipinski definition) is 3. The Balaban J connectivity index is 2.00. The van der Waals surface area contributed by atoms with Crippen LogP contribution in [0.25, 0.3) is 0 Å². The highest BCUT2D eigenvalue weighted by molar-refractivity contribution is 5.67. The number of hydrogen-bond acceptors (Lipinski definition) is 4. The van der Waals surface area contributed by atoms with E-state index in [-0.39, 0.29) is 18.9 Å². The number of benzene rings is 1. The summed E-state index contributed by atoms with van der Waals surface area (Å²) < 4.78 is 33.4. The molecule has 0 spiro atoms. The molecule has 5 nitrogen and oxygen atoms in total. The quantitative estimate of drug-likeness (QED) is 0.639. The fourth-order valence-electron chi connectivity index (χ4n) is 3.48. The number of ether oxygens (including phenoxy) is 1. The minimum atomic E-state index is -3.73. The standard InChI is InChI=1S/C20H29F2NO4/c1-14(24)20(21,22)18(25)17(12-15-8-4-2-5-9-15)23-19(26)27-13-16-10-6-3-7-11-16/h3,6-7,10-11,14-15,17-18,24-25H,2,4-5,8-9,12-13H2,1H3,(H,23,26)/t14-,17-,18+/m0/s1. The van der Waals surface area contributed by atoms with Crippen LogP contribution in [0.4, 0.5) is 13.6 Å². The van der Waals surface area contributed by atoms with E-state index in [1.807, 2.05) is 6.07 Å². The molecule has 1 amide bonds. The third kappa shape index (κ3) is 6.43.